The van der Waals surface area contributed by atoms with Crippen LogP contribution in [-0.4, -0.2) is 47.5 Å². The molecule has 0 saturated heterocycles. The second-order valence-corrected chi connectivity index (χ2v) is 7.87. The Bertz CT molecular complexity index is 970. The van der Waals surface area contributed by atoms with E-state index in [9.17, 15) is 4.79 Å². The lowest BCUT2D eigenvalue weighted by molar-refractivity contribution is 0.0938. The standard InChI is InChI=1S/C23H28N4O2S/c1-5-27(6-2)20(17-10-9-11-18(14-17)29-4)15-25-22(28)21-16(3)26-23(30-21)19-12-7-8-13-24-19/h7-14,20H,5-6,15H2,1-4H3,(H,25,28). The summed E-state index contributed by atoms with van der Waals surface area (Å²) in [6, 6.07) is 13.8. The fourth-order valence-electron chi connectivity index (χ4n) is 3.45. The molecule has 158 valence electrons. The highest BCUT2D eigenvalue weighted by molar-refractivity contribution is 7.17. The van der Waals surface area contributed by atoms with E-state index in [1.807, 2.05) is 43.3 Å². The van der Waals surface area contributed by atoms with E-state index >= 15 is 0 Å². The number of benzene rings is 1. The molecule has 30 heavy (non-hydrogen) atoms. The van der Waals surface area contributed by atoms with Gasteiger partial charge in [-0.3, -0.25) is 14.7 Å². The van der Waals surface area contributed by atoms with Gasteiger partial charge in [-0.15, -0.1) is 11.3 Å². The van der Waals surface area contributed by atoms with Gasteiger partial charge in [0.25, 0.3) is 5.91 Å². The highest BCUT2D eigenvalue weighted by Gasteiger charge is 2.22. The predicted octanol–water partition coefficient (Wildman–Crippen LogP) is 4.34. The van der Waals surface area contributed by atoms with Crippen LogP contribution in [0.2, 0.25) is 0 Å². The van der Waals surface area contributed by atoms with E-state index in [4.69, 9.17) is 4.74 Å². The van der Waals surface area contributed by atoms with E-state index in [0.717, 1.165) is 40.8 Å². The molecule has 0 aliphatic rings. The van der Waals surface area contributed by atoms with Crippen molar-refractivity contribution in [2.24, 2.45) is 0 Å². The van der Waals surface area contributed by atoms with Crippen LogP contribution >= 0.6 is 11.3 Å². The SMILES string of the molecule is CCN(CC)C(CNC(=O)c1sc(-c2ccccn2)nc1C)c1cccc(OC)c1. The van der Waals surface area contributed by atoms with Gasteiger partial charge in [-0.25, -0.2) is 4.98 Å². The van der Waals surface area contributed by atoms with E-state index in [0.29, 0.717) is 11.4 Å². The molecule has 2 aromatic heterocycles. The topological polar surface area (TPSA) is 67.4 Å². The van der Waals surface area contributed by atoms with Crippen molar-refractivity contribution in [1.82, 2.24) is 20.2 Å². The molecule has 7 heteroatoms. The van der Waals surface area contributed by atoms with Crippen LogP contribution in [-0.2, 0) is 0 Å². The van der Waals surface area contributed by atoms with Gasteiger partial charge >= 0.3 is 0 Å². The molecular formula is C23H28N4O2S. The van der Waals surface area contributed by atoms with Gasteiger partial charge in [0.05, 0.1) is 24.5 Å². The molecule has 1 unspecified atom stereocenters. The quantitative estimate of drug-likeness (QED) is 0.554. The minimum Gasteiger partial charge on any atom is -0.497 e. The van der Waals surface area contributed by atoms with Crippen molar-refractivity contribution in [1.29, 1.82) is 0 Å². The first-order valence-corrected chi connectivity index (χ1v) is 10.9. The van der Waals surface area contributed by atoms with Crippen LogP contribution < -0.4 is 10.1 Å². The van der Waals surface area contributed by atoms with Gasteiger partial charge in [0.1, 0.15) is 15.6 Å². The Labute approximate surface area is 181 Å². The zero-order chi connectivity index (χ0) is 21.5. The van der Waals surface area contributed by atoms with E-state index < -0.39 is 0 Å². The number of hydrogen-bond donors (Lipinski definition) is 1. The fraction of sp³-hybridized carbons (Fsp3) is 0.348. The molecular weight excluding hydrogens is 396 g/mol. The first kappa shape index (κ1) is 21.9. The summed E-state index contributed by atoms with van der Waals surface area (Å²) in [5.74, 6) is 0.710. The van der Waals surface area contributed by atoms with Crippen molar-refractivity contribution in [3.8, 4) is 16.5 Å². The van der Waals surface area contributed by atoms with Crippen LogP contribution in [0, 0.1) is 6.92 Å². The minimum absolute atomic E-state index is 0.0579. The van der Waals surface area contributed by atoms with Gasteiger partial charge in [-0.1, -0.05) is 32.0 Å². The third-order valence-corrected chi connectivity index (χ3v) is 6.25. The van der Waals surface area contributed by atoms with Gasteiger partial charge in [-0.05, 0) is 49.8 Å². The second-order valence-electron chi connectivity index (χ2n) is 6.87. The van der Waals surface area contributed by atoms with Crippen molar-refractivity contribution in [2.75, 3.05) is 26.7 Å². The number of ether oxygens (including phenoxy) is 1. The van der Waals surface area contributed by atoms with E-state index in [1.54, 1.807) is 13.3 Å². The van der Waals surface area contributed by atoms with E-state index in [-0.39, 0.29) is 11.9 Å². The first-order valence-electron chi connectivity index (χ1n) is 10.1. The summed E-state index contributed by atoms with van der Waals surface area (Å²) in [7, 11) is 1.67. The van der Waals surface area contributed by atoms with Crippen molar-refractivity contribution >= 4 is 17.2 Å². The number of aryl methyl sites for hydroxylation is 1. The number of likely N-dealkylation sites (N-methyl/N-ethyl adjacent to an activating group) is 1. The molecule has 0 fully saturated rings. The molecule has 2 heterocycles. The van der Waals surface area contributed by atoms with Crippen molar-refractivity contribution < 1.29 is 9.53 Å². The maximum absolute atomic E-state index is 13.0. The summed E-state index contributed by atoms with van der Waals surface area (Å²) in [5.41, 5.74) is 2.62. The van der Waals surface area contributed by atoms with Crippen LogP contribution in [0.4, 0.5) is 0 Å². The predicted molar refractivity (Wildman–Crippen MR) is 121 cm³/mol. The number of pyridine rings is 1. The number of nitrogens with one attached hydrogen (secondary N) is 1. The largest absolute Gasteiger partial charge is 0.497 e. The van der Waals surface area contributed by atoms with E-state index in [2.05, 4.69) is 40.1 Å². The third-order valence-electron chi connectivity index (χ3n) is 5.07. The molecule has 1 atom stereocenters. The monoisotopic (exact) mass is 424 g/mol. The average Bonchev–Trinajstić information content (AvgIpc) is 3.18. The van der Waals surface area contributed by atoms with Gasteiger partial charge in [0.2, 0.25) is 0 Å². The Hall–Kier alpha value is -2.77. The minimum atomic E-state index is -0.104. The van der Waals surface area contributed by atoms with Crippen LogP contribution in [0.25, 0.3) is 10.7 Å². The number of hydrogen-bond acceptors (Lipinski definition) is 6. The van der Waals surface area contributed by atoms with Crippen molar-refractivity contribution in [3.63, 3.8) is 0 Å². The highest BCUT2D eigenvalue weighted by Crippen LogP contribution is 2.27. The number of rotatable bonds is 9. The molecule has 0 aliphatic heterocycles. The number of thiazole rings is 1. The Balaban J connectivity index is 1.78. The highest BCUT2D eigenvalue weighted by atomic mass is 32.1. The summed E-state index contributed by atoms with van der Waals surface area (Å²) in [5, 5.41) is 3.87. The van der Waals surface area contributed by atoms with Crippen LogP contribution in [0.1, 0.15) is 40.8 Å². The summed E-state index contributed by atoms with van der Waals surface area (Å²) in [4.78, 5) is 24.8. The molecule has 3 rings (SSSR count). The third kappa shape index (κ3) is 5.04. The first-order chi connectivity index (χ1) is 14.6. The number of carbonyl (C=O) groups is 1. The molecule has 6 nitrogen and oxygen atoms in total. The molecule has 0 aliphatic carbocycles. The van der Waals surface area contributed by atoms with Crippen molar-refractivity contribution in [2.45, 2.75) is 26.8 Å². The summed E-state index contributed by atoms with van der Waals surface area (Å²) in [6.45, 7) is 8.40. The summed E-state index contributed by atoms with van der Waals surface area (Å²) < 4.78 is 5.39. The molecule has 0 bridgehead atoms. The Morgan fingerprint density at radius 2 is 2.00 bits per heavy atom. The molecule has 0 saturated carbocycles. The van der Waals surface area contributed by atoms with Gasteiger partial charge in [0.15, 0.2) is 0 Å². The number of aromatic nitrogens is 2. The van der Waals surface area contributed by atoms with Gasteiger partial charge < -0.3 is 10.1 Å². The van der Waals surface area contributed by atoms with Crippen LogP contribution in [0.15, 0.2) is 48.7 Å². The van der Waals surface area contributed by atoms with E-state index in [1.165, 1.54) is 11.3 Å². The average molecular weight is 425 g/mol. The number of nitrogens with zero attached hydrogens (tertiary/aromatic N) is 3. The molecule has 3 aromatic rings. The summed E-state index contributed by atoms with van der Waals surface area (Å²) in [6.07, 6.45) is 1.73. The normalized spacial score (nSPS) is 12.0. The second kappa shape index (κ2) is 10.3. The van der Waals surface area contributed by atoms with Crippen LogP contribution in [0.5, 0.6) is 5.75 Å². The Morgan fingerprint density at radius 1 is 1.20 bits per heavy atom. The molecule has 1 N–H and O–H groups in total. The Morgan fingerprint density at radius 3 is 2.67 bits per heavy atom. The van der Waals surface area contributed by atoms with Gasteiger partial charge in [-0.2, -0.15) is 0 Å². The lowest BCUT2D eigenvalue weighted by Crippen LogP contribution is -2.38. The summed E-state index contributed by atoms with van der Waals surface area (Å²) >= 11 is 1.37. The number of methoxy groups -OCH3 is 1. The van der Waals surface area contributed by atoms with Crippen molar-refractivity contribution in [3.05, 3.63) is 64.8 Å². The maximum atomic E-state index is 13.0. The fourth-order valence-corrected chi connectivity index (χ4v) is 4.41. The lowest BCUT2D eigenvalue weighted by Gasteiger charge is -2.30. The molecule has 1 amide bonds. The number of amides is 1. The molecule has 1 aromatic carbocycles. The zero-order valence-corrected chi connectivity index (χ0v) is 18.7. The maximum Gasteiger partial charge on any atom is 0.263 e. The molecule has 0 spiro atoms. The molecule has 0 radical (unpaired) electrons. The number of carbonyl (C=O) groups excluding carboxylic acids is 1. The lowest BCUT2D eigenvalue weighted by atomic mass is 10.0. The van der Waals surface area contributed by atoms with Gasteiger partial charge in [0, 0.05) is 12.7 Å². The smallest absolute Gasteiger partial charge is 0.263 e. The Kier molecular flexibility index (Phi) is 7.54. The van der Waals surface area contributed by atoms with Crippen LogP contribution in [0.3, 0.4) is 0 Å². The zero-order valence-electron chi connectivity index (χ0n) is 17.9.